The Morgan fingerprint density at radius 2 is 1.94 bits per heavy atom. The van der Waals surface area contributed by atoms with Crippen molar-refractivity contribution in [1.82, 2.24) is 0 Å². The van der Waals surface area contributed by atoms with Crippen molar-refractivity contribution >= 4 is 12.6 Å². The van der Waals surface area contributed by atoms with Crippen molar-refractivity contribution in [2.24, 2.45) is 9.98 Å². The van der Waals surface area contributed by atoms with Gasteiger partial charge in [0, 0.05) is 16.3 Å². The predicted octanol–water partition coefficient (Wildman–Crippen LogP) is 1.65. The Bertz CT molecular complexity index is 791. The minimum atomic E-state index is 0.696. The van der Waals surface area contributed by atoms with Crippen LogP contribution in [0.15, 0.2) is 46.4 Å². The third-order valence-corrected chi connectivity index (χ3v) is 3.31. The van der Waals surface area contributed by atoms with Crippen LogP contribution in [0.4, 0.5) is 0 Å². The van der Waals surface area contributed by atoms with Crippen molar-refractivity contribution in [3.63, 3.8) is 0 Å². The van der Waals surface area contributed by atoms with Crippen LogP contribution in [-0.2, 0) is 6.54 Å². The lowest BCUT2D eigenvalue weighted by molar-refractivity contribution is 0.537. The summed E-state index contributed by atoms with van der Waals surface area (Å²) >= 11 is 0. The molecule has 0 amide bonds. The lowest BCUT2D eigenvalue weighted by atomic mass is 9.98. The molecule has 3 nitrogen and oxygen atoms in total. The lowest BCUT2D eigenvalue weighted by Crippen LogP contribution is -2.34. The number of aliphatic imine (C=N–C) groups is 1. The number of hydrogen-bond acceptors (Lipinski definition) is 3. The molecule has 0 bridgehead atoms. The van der Waals surface area contributed by atoms with Crippen molar-refractivity contribution in [1.29, 1.82) is 0 Å². The third kappa shape index (κ3) is 1.24. The second-order valence-electron chi connectivity index (χ2n) is 4.35. The van der Waals surface area contributed by atoms with Crippen molar-refractivity contribution in [2.45, 2.75) is 6.54 Å². The zero-order chi connectivity index (χ0) is 11.9. The molecule has 2 aliphatic rings. The average Bonchev–Trinajstić information content (AvgIpc) is 2.46. The molecule has 0 aliphatic carbocycles. The second-order valence-corrected chi connectivity index (χ2v) is 4.35. The first-order chi connectivity index (χ1) is 8.93. The molecule has 4 rings (SSSR count). The minimum absolute atomic E-state index is 0.696. The Balaban J connectivity index is 2.12. The highest BCUT2D eigenvalue weighted by Crippen LogP contribution is 2.29. The molecule has 86 valence electrons. The van der Waals surface area contributed by atoms with Gasteiger partial charge >= 0.3 is 0 Å². The first-order valence-electron chi connectivity index (χ1n) is 5.88. The summed E-state index contributed by atoms with van der Waals surface area (Å²) in [5, 5.41) is 2.04. The molecule has 0 aromatic heterocycles. The summed E-state index contributed by atoms with van der Waals surface area (Å²) in [6.45, 7) is 0.696. The fourth-order valence-electron chi connectivity index (χ4n) is 2.44. The monoisotopic (exact) mass is 234 g/mol. The summed E-state index contributed by atoms with van der Waals surface area (Å²) in [7, 11) is 0. The highest BCUT2D eigenvalue weighted by Gasteiger charge is 2.14. The van der Waals surface area contributed by atoms with Gasteiger partial charge in [0.1, 0.15) is 18.4 Å². The third-order valence-electron chi connectivity index (χ3n) is 3.31. The van der Waals surface area contributed by atoms with Gasteiger partial charge in [-0.2, -0.15) is 0 Å². The zero-order valence-electron chi connectivity index (χ0n) is 9.63. The van der Waals surface area contributed by atoms with Gasteiger partial charge in [-0.25, -0.2) is 4.99 Å². The number of para-hydroxylation sites is 1. The molecule has 0 radical (unpaired) electrons. The molecule has 2 heterocycles. The summed E-state index contributed by atoms with van der Waals surface area (Å²) in [5.74, 6) is 0.898. The lowest BCUT2D eigenvalue weighted by Gasteiger charge is -2.16. The van der Waals surface area contributed by atoms with Crippen LogP contribution in [0.1, 0.15) is 5.56 Å². The summed E-state index contributed by atoms with van der Waals surface area (Å²) in [6, 6.07) is 12.3. The fraction of sp³-hybridized carbons (Fsp3) is 0.0667. The molecular formula is C15H10N2O. The van der Waals surface area contributed by atoms with E-state index in [4.69, 9.17) is 4.74 Å². The van der Waals surface area contributed by atoms with Gasteiger partial charge in [-0.3, -0.25) is 4.99 Å². The van der Waals surface area contributed by atoms with Gasteiger partial charge in [-0.05, 0) is 11.6 Å². The number of nitrogens with zero attached hydrogens (tertiary/aromatic N) is 2. The van der Waals surface area contributed by atoms with Crippen LogP contribution in [0.5, 0.6) is 5.75 Å². The van der Waals surface area contributed by atoms with E-state index in [9.17, 15) is 0 Å². The second kappa shape index (κ2) is 3.53. The highest BCUT2D eigenvalue weighted by molar-refractivity contribution is 5.74. The van der Waals surface area contributed by atoms with Gasteiger partial charge in [0.05, 0.1) is 11.9 Å². The smallest absolute Gasteiger partial charge is 0.134 e. The van der Waals surface area contributed by atoms with E-state index in [1.54, 1.807) is 12.6 Å². The molecule has 0 atom stereocenters. The largest absolute Gasteiger partial charge is 0.464 e. The molecule has 0 N–H and O–H groups in total. The Morgan fingerprint density at radius 3 is 2.94 bits per heavy atom. The first kappa shape index (κ1) is 9.59. The SMILES string of the molecule is C1=NCc2ccc3c(c2=N1)=COc1ccccc1-3. The molecule has 18 heavy (non-hydrogen) atoms. The predicted molar refractivity (Wildman–Crippen MR) is 69.9 cm³/mol. The summed E-state index contributed by atoms with van der Waals surface area (Å²) in [4.78, 5) is 8.54. The van der Waals surface area contributed by atoms with Gasteiger partial charge in [0.2, 0.25) is 0 Å². The van der Waals surface area contributed by atoms with Crippen LogP contribution in [0.25, 0.3) is 17.4 Å². The van der Waals surface area contributed by atoms with Crippen LogP contribution in [0.2, 0.25) is 0 Å². The quantitative estimate of drug-likeness (QED) is 0.682. The van der Waals surface area contributed by atoms with Crippen LogP contribution in [-0.4, -0.2) is 6.34 Å². The molecule has 0 fully saturated rings. The van der Waals surface area contributed by atoms with Crippen molar-refractivity contribution < 1.29 is 4.74 Å². The standard InChI is InChI=1S/C15H10N2O/c1-2-4-14-12(3-1)11-6-5-10-7-16-9-17-15(10)13(11)8-18-14/h1-6,8-9H,7H2. The van der Waals surface area contributed by atoms with Crippen LogP contribution in [0, 0.1) is 0 Å². The molecule has 0 saturated carbocycles. The number of rotatable bonds is 0. The topological polar surface area (TPSA) is 34.0 Å². The van der Waals surface area contributed by atoms with E-state index in [1.165, 1.54) is 5.56 Å². The maximum absolute atomic E-state index is 5.69. The number of fused-ring (bicyclic) bond motifs is 5. The van der Waals surface area contributed by atoms with E-state index in [0.717, 1.165) is 27.5 Å². The normalized spacial score (nSPS) is 14.4. The molecule has 0 spiro atoms. The molecule has 2 aromatic rings. The van der Waals surface area contributed by atoms with Crippen molar-refractivity contribution in [3.05, 3.63) is 52.5 Å². The van der Waals surface area contributed by atoms with Crippen molar-refractivity contribution in [3.8, 4) is 16.9 Å². The molecule has 0 saturated heterocycles. The molecule has 2 aliphatic heterocycles. The fourth-order valence-corrected chi connectivity index (χ4v) is 2.44. The highest BCUT2D eigenvalue weighted by atomic mass is 16.5. The summed E-state index contributed by atoms with van der Waals surface area (Å²) < 4.78 is 5.69. The van der Waals surface area contributed by atoms with Gasteiger partial charge in [0.25, 0.3) is 0 Å². The Labute approximate surface area is 104 Å². The Morgan fingerprint density at radius 1 is 1.00 bits per heavy atom. The van der Waals surface area contributed by atoms with Crippen LogP contribution < -0.4 is 15.3 Å². The van der Waals surface area contributed by atoms with E-state index in [1.807, 2.05) is 18.2 Å². The number of benzene rings is 2. The molecule has 3 heteroatoms. The van der Waals surface area contributed by atoms with Gasteiger partial charge < -0.3 is 4.74 Å². The maximum Gasteiger partial charge on any atom is 0.134 e. The molecule has 0 unspecified atom stereocenters. The minimum Gasteiger partial charge on any atom is -0.464 e. The van der Waals surface area contributed by atoms with E-state index >= 15 is 0 Å². The first-order valence-corrected chi connectivity index (χ1v) is 5.88. The Kier molecular flexibility index (Phi) is 1.88. The van der Waals surface area contributed by atoms with Gasteiger partial charge in [-0.1, -0.05) is 30.3 Å². The average molecular weight is 234 g/mol. The van der Waals surface area contributed by atoms with E-state index in [0.29, 0.717) is 6.54 Å². The molecule has 2 aromatic carbocycles. The Hall–Kier alpha value is -2.42. The van der Waals surface area contributed by atoms with E-state index in [2.05, 4.69) is 28.2 Å². The van der Waals surface area contributed by atoms with Crippen LogP contribution in [0.3, 0.4) is 0 Å². The van der Waals surface area contributed by atoms with E-state index < -0.39 is 0 Å². The summed E-state index contributed by atoms with van der Waals surface area (Å²) in [6.07, 6.45) is 3.41. The number of ether oxygens (including phenoxy) is 1. The van der Waals surface area contributed by atoms with Gasteiger partial charge in [0.15, 0.2) is 0 Å². The zero-order valence-corrected chi connectivity index (χ0v) is 9.63. The van der Waals surface area contributed by atoms with Gasteiger partial charge in [-0.15, -0.1) is 0 Å². The maximum atomic E-state index is 5.69. The number of hydrogen-bond donors (Lipinski definition) is 0. The van der Waals surface area contributed by atoms with E-state index in [-0.39, 0.29) is 0 Å². The summed E-state index contributed by atoms with van der Waals surface area (Å²) in [5.41, 5.74) is 3.45. The molecular weight excluding hydrogens is 224 g/mol. The van der Waals surface area contributed by atoms with Crippen LogP contribution >= 0.6 is 0 Å². The van der Waals surface area contributed by atoms with Crippen molar-refractivity contribution in [2.75, 3.05) is 0 Å².